The second kappa shape index (κ2) is 13.5. The Labute approximate surface area is 172 Å². The standard InChI is InChI=1S/C22H44O6/c1-9-12-14-16-20(4,5)25-27-22(8,18-19(23)24-11-3)28-26-21(6,7)17-15-13-10-2/h9-18H2,1-8H3. The number of ether oxygens (including phenoxy) is 1. The second-order valence-corrected chi connectivity index (χ2v) is 8.88. The summed E-state index contributed by atoms with van der Waals surface area (Å²) in [6.45, 7) is 15.9. The van der Waals surface area contributed by atoms with E-state index in [0.717, 1.165) is 51.4 Å². The van der Waals surface area contributed by atoms with Gasteiger partial charge in [0.05, 0.1) is 17.8 Å². The van der Waals surface area contributed by atoms with Crippen LogP contribution < -0.4 is 0 Å². The van der Waals surface area contributed by atoms with Crippen molar-refractivity contribution in [3.8, 4) is 0 Å². The third-order valence-electron chi connectivity index (χ3n) is 4.42. The van der Waals surface area contributed by atoms with E-state index in [0.29, 0.717) is 6.61 Å². The first kappa shape index (κ1) is 27.3. The highest BCUT2D eigenvalue weighted by Gasteiger charge is 2.38. The Kier molecular flexibility index (Phi) is 13.2. The Morgan fingerprint density at radius 3 is 1.46 bits per heavy atom. The van der Waals surface area contributed by atoms with Crippen LogP contribution in [0.5, 0.6) is 0 Å². The van der Waals surface area contributed by atoms with Crippen LogP contribution in [0, 0.1) is 0 Å². The van der Waals surface area contributed by atoms with Gasteiger partial charge in [-0.3, -0.25) is 4.79 Å². The zero-order chi connectivity index (χ0) is 21.7. The largest absolute Gasteiger partial charge is 0.466 e. The molecule has 0 heterocycles. The van der Waals surface area contributed by atoms with E-state index in [1.54, 1.807) is 13.8 Å². The minimum atomic E-state index is -1.39. The molecule has 6 nitrogen and oxygen atoms in total. The minimum absolute atomic E-state index is 0.128. The summed E-state index contributed by atoms with van der Waals surface area (Å²) in [6.07, 6.45) is 8.21. The quantitative estimate of drug-likeness (QED) is 0.0936. The molecule has 0 aromatic carbocycles. The van der Waals surface area contributed by atoms with E-state index in [1.807, 2.05) is 27.7 Å². The summed E-state index contributed by atoms with van der Waals surface area (Å²) in [5, 5.41) is 0. The normalized spacial score (nSPS) is 13.0. The van der Waals surface area contributed by atoms with Gasteiger partial charge in [-0.25, -0.2) is 9.78 Å². The van der Waals surface area contributed by atoms with E-state index < -0.39 is 23.0 Å². The molecule has 0 radical (unpaired) electrons. The molecule has 0 saturated heterocycles. The Hall–Kier alpha value is -0.690. The molecule has 28 heavy (non-hydrogen) atoms. The van der Waals surface area contributed by atoms with Gasteiger partial charge < -0.3 is 4.74 Å². The van der Waals surface area contributed by atoms with E-state index in [4.69, 9.17) is 24.3 Å². The zero-order valence-corrected chi connectivity index (χ0v) is 19.5. The van der Waals surface area contributed by atoms with Gasteiger partial charge in [-0.1, -0.05) is 52.4 Å². The van der Waals surface area contributed by atoms with Gasteiger partial charge in [-0.05, 0) is 54.4 Å². The molecule has 0 atom stereocenters. The summed E-state index contributed by atoms with van der Waals surface area (Å²) in [5.41, 5.74) is -0.990. The fourth-order valence-corrected chi connectivity index (χ4v) is 2.63. The first-order chi connectivity index (χ1) is 13.0. The highest BCUT2D eigenvalue weighted by Crippen LogP contribution is 2.29. The van der Waals surface area contributed by atoms with Gasteiger partial charge in [-0.15, -0.1) is 0 Å². The molecule has 0 N–H and O–H groups in total. The van der Waals surface area contributed by atoms with Crippen LogP contribution in [0.1, 0.15) is 113 Å². The van der Waals surface area contributed by atoms with Gasteiger partial charge in [0, 0.05) is 0 Å². The van der Waals surface area contributed by atoms with E-state index >= 15 is 0 Å². The molecule has 0 aliphatic heterocycles. The number of hydrogen-bond donors (Lipinski definition) is 0. The van der Waals surface area contributed by atoms with Crippen molar-refractivity contribution in [2.24, 2.45) is 0 Å². The first-order valence-corrected chi connectivity index (χ1v) is 10.9. The van der Waals surface area contributed by atoms with Gasteiger partial charge in [0.1, 0.15) is 6.42 Å². The maximum atomic E-state index is 12.0. The van der Waals surface area contributed by atoms with E-state index in [9.17, 15) is 4.79 Å². The van der Waals surface area contributed by atoms with Gasteiger partial charge in [0.25, 0.3) is 0 Å². The van der Waals surface area contributed by atoms with Crippen molar-refractivity contribution in [2.45, 2.75) is 130 Å². The smallest absolute Gasteiger partial charge is 0.311 e. The van der Waals surface area contributed by atoms with Crippen LogP contribution in [0.15, 0.2) is 0 Å². The zero-order valence-electron chi connectivity index (χ0n) is 19.5. The molecule has 0 rings (SSSR count). The van der Waals surface area contributed by atoms with Crippen LogP contribution in [0.3, 0.4) is 0 Å². The minimum Gasteiger partial charge on any atom is -0.466 e. The Morgan fingerprint density at radius 2 is 1.11 bits per heavy atom. The van der Waals surface area contributed by atoms with Crippen molar-refractivity contribution in [1.29, 1.82) is 0 Å². The molecule has 0 aliphatic carbocycles. The molecule has 0 bridgehead atoms. The number of unbranched alkanes of at least 4 members (excludes halogenated alkanes) is 4. The highest BCUT2D eigenvalue weighted by atomic mass is 17.3. The Bertz CT molecular complexity index is 393. The predicted molar refractivity (Wildman–Crippen MR) is 110 cm³/mol. The van der Waals surface area contributed by atoms with Crippen LogP contribution in [0.25, 0.3) is 0 Å². The van der Waals surface area contributed by atoms with Gasteiger partial charge in [0.2, 0.25) is 5.79 Å². The molecule has 0 fully saturated rings. The van der Waals surface area contributed by atoms with Crippen LogP contribution >= 0.6 is 0 Å². The van der Waals surface area contributed by atoms with Crippen LogP contribution in [0.4, 0.5) is 0 Å². The Morgan fingerprint density at radius 1 is 0.679 bits per heavy atom. The van der Waals surface area contributed by atoms with Crippen molar-refractivity contribution >= 4 is 5.97 Å². The number of carbonyl (C=O) groups is 1. The van der Waals surface area contributed by atoms with Gasteiger partial charge in [0.15, 0.2) is 0 Å². The lowest BCUT2D eigenvalue weighted by Gasteiger charge is -2.34. The lowest BCUT2D eigenvalue weighted by molar-refractivity contribution is -0.538. The molecule has 168 valence electrons. The number of hydrogen-bond acceptors (Lipinski definition) is 6. The molecule has 0 spiro atoms. The summed E-state index contributed by atoms with van der Waals surface area (Å²) >= 11 is 0. The molecular weight excluding hydrogens is 360 g/mol. The molecular formula is C22H44O6. The molecule has 0 aromatic rings. The maximum Gasteiger partial charge on any atom is 0.311 e. The molecule has 6 heteroatoms. The van der Waals surface area contributed by atoms with E-state index in [-0.39, 0.29) is 6.42 Å². The Balaban J connectivity index is 4.89. The molecule has 0 aliphatic rings. The first-order valence-electron chi connectivity index (χ1n) is 10.9. The monoisotopic (exact) mass is 404 g/mol. The molecule has 0 saturated carbocycles. The van der Waals surface area contributed by atoms with Crippen molar-refractivity contribution in [3.63, 3.8) is 0 Å². The second-order valence-electron chi connectivity index (χ2n) is 8.88. The van der Waals surface area contributed by atoms with Crippen molar-refractivity contribution < 1.29 is 29.1 Å². The van der Waals surface area contributed by atoms with Gasteiger partial charge >= 0.3 is 5.97 Å². The number of carbonyl (C=O) groups excluding carboxylic acids is 1. The van der Waals surface area contributed by atoms with Crippen LogP contribution in [-0.2, 0) is 29.1 Å². The van der Waals surface area contributed by atoms with Crippen LogP contribution in [-0.4, -0.2) is 29.6 Å². The summed E-state index contributed by atoms with van der Waals surface area (Å²) in [6, 6.07) is 0. The average molecular weight is 405 g/mol. The maximum absolute atomic E-state index is 12.0. The number of esters is 1. The topological polar surface area (TPSA) is 63.2 Å². The summed E-state index contributed by atoms with van der Waals surface area (Å²) in [5.74, 6) is -1.82. The number of rotatable bonds is 17. The molecule has 0 aromatic heterocycles. The highest BCUT2D eigenvalue weighted by molar-refractivity contribution is 5.70. The average Bonchev–Trinajstić information content (AvgIpc) is 2.59. The lowest BCUT2D eigenvalue weighted by atomic mass is 10.0. The van der Waals surface area contributed by atoms with E-state index in [2.05, 4.69) is 13.8 Å². The molecule has 0 unspecified atom stereocenters. The third-order valence-corrected chi connectivity index (χ3v) is 4.42. The van der Waals surface area contributed by atoms with Crippen molar-refractivity contribution in [2.75, 3.05) is 6.61 Å². The van der Waals surface area contributed by atoms with Crippen molar-refractivity contribution in [1.82, 2.24) is 0 Å². The predicted octanol–water partition coefficient (Wildman–Crippen LogP) is 6.27. The van der Waals surface area contributed by atoms with Gasteiger partial charge in [-0.2, -0.15) is 9.78 Å². The van der Waals surface area contributed by atoms with Crippen molar-refractivity contribution in [3.05, 3.63) is 0 Å². The summed E-state index contributed by atoms with van der Waals surface area (Å²) < 4.78 is 5.05. The SMILES string of the molecule is CCCCCC(C)(C)OOC(C)(CC(=O)OCC)OOC(C)(C)CCCCC. The van der Waals surface area contributed by atoms with E-state index in [1.165, 1.54) is 0 Å². The summed E-state index contributed by atoms with van der Waals surface area (Å²) in [7, 11) is 0. The van der Waals surface area contributed by atoms with Crippen LogP contribution in [0.2, 0.25) is 0 Å². The molecule has 0 amide bonds. The fourth-order valence-electron chi connectivity index (χ4n) is 2.63. The third kappa shape index (κ3) is 13.5. The lowest BCUT2D eigenvalue weighted by Crippen LogP contribution is -2.41. The fraction of sp³-hybridized carbons (Fsp3) is 0.955. The summed E-state index contributed by atoms with van der Waals surface area (Å²) in [4.78, 5) is 34.6.